The van der Waals surface area contributed by atoms with E-state index in [1.165, 1.54) is 6.92 Å². The third-order valence-corrected chi connectivity index (χ3v) is 7.90. The Hall–Kier alpha value is -3.11. The molecule has 1 atom stereocenters. The number of rotatable bonds is 8. The maximum Gasteiger partial charge on any atom is 0.412 e. The van der Waals surface area contributed by atoms with E-state index in [2.05, 4.69) is 14.8 Å². The molecule has 0 saturated carbocycles. The number of anilines is 1. The Morgan fingerprint density at radius 3 is 2.72 bits per heavy atom. The number of benzene rings is 2. The van der Waals surface area contributed by atoms with Crippen molar-refractivity contribution in [1.82, 2.24) is 14.5 Å². The van der Waals surface area contributed by atoms with Gasteiger partial charge in [0.25, 0.3) is 0 Å². The fourth-order valence-electron chi connectivity index (χ4n) is 4.80. The summed E-state index contributed by atoms with van der Waals surface area (Å²) in [6.07, 6.45) is 2.97. The van der Waals surface area contributed by atoms with E-state index in [9.17, 15) is 9.59 Å². The Bertz CT molecular complexity index is 1500. The van der Waals surface area contributed by atoms with Gasteiger partial charge in [-0.05, 0) is 61.7 Å². The number of hydrogen-bond acceptors (Lipinski definition) is 7. The topological polar surface area (TPSA) is 85.7 Å². The van der Waals surface area contributed by atoms with Gasteiger partial charge in [-0.3, -0.25) is 15.0 Å². The molecule has 0 aliphatic carbocycles. The Morgan fingerprint density at radius 2 is 1.97 bits per heavy atom. The summed E-state index contributed by atoms with van der Waals surface area (Å²) in [5.41, 5.74) is 4.24. The molecule has 2 aromatic carbocycles. The summed E-state index contributed by atoms with van der Waals surface area (Å²) in [5, 5.41) is 7.65. The van der Waals surface area contributed by atoms with Crippen LogP contribution in [0.25, 0.3) is 21.5 Å². The Kier molecular flexibility index (Phi) is 8.42. The number of likely N-dealkylation sites (tertiary alicyclic amines) is 1. The second-order valence-corrected chi connectivity index (χ2v) is 11.1. The molecule has 0 spiro atoms. The van der Waals surface area contributed by atoms with Gasteiger partial charge in [-0.25, -0.2) is 9.78 Å². The molecule has 1 fully saturated rings. The second kappa shape index (κ2) is 12.0. The van der Waals surface area contributed by atoms with Crippen LogP contribution in [0, 0.1) is 0 Å². The molecule has 3 heterocycles. The number of fused-ring (bicyclic) bond motifs is 1. The lowest BCUT2D eigenvalue weighted by atomic mass is 10.1. The Morgan fingerprint density at radius 1 is 1.18 bits per heavy atom. The van der Waals surface area contributed by atoms with Crippen molar-refractivity contribution in [3.05, 3.63) is 69.3 Å². The number of carbonyl (C=O) groups is 2. The quantitative estimate of drug-likeness (QED) is 0.218. The van der Waals surface area contributed by atoms with Crippen LogP contribution >= 0.6 is 34.5 Å². The van der Waals surface area contributed by atoms with E-state index in [1.807, 2.05) is 36.7 Å². The van der Waals surface area contributed by atoms with Crippen molar-refractivity contribution >= 4 is 63.2 Å². The maximum atomic E-state index is 12.7. The molecule has 0 radical (unpaired) electrons. The SMILES string of the molecule is CCn1cc(NC(=O)OCc2cc(Cl)cc(Cl)c2)c2cc(-c3nc(CN4CCCC4OC(C)=O)cs3)ccc21. The van der Waals surface area contributed by atoms with Crippen LogP contribution in [0.15, 0.2) is 48.0 Å². The second-order valence-electron chi connectivity index (χ2n) is 9.36. The van der Waals surface area contributed by atoms with Crippen molar-refractivity contribution in [2.24, 2.45) is 0 Å². The molecule has 2 aromatic heterocycles. The molecule has 8 nitrogen and oxygen atoms in total. The molecule has 11 heteroatoms. The molecular formula is C28H28Cl2N4O4S. The highest BCUT2D eigenvalue weighted by molar-refractivity contribution is 7.13. The standard InChI is InChI=1S/C28H28Cl2N4O4S/c1-3-33-14-24(32-28(36)37-15-18-9-20(29)12-21(30)10-18)23-11-19(6-7-25(23)33)27-31-22(16-39-27)13-34-8-4-5-26(34)38-17(2)35/h6-7,9-12,14,16,26H,3-5,8,13,15H2,1-2H3,(H,32,36). The molecule has 5 rings (SSSR count). The molecule has 1 saturated heterocycles. The van der Waals surface area contributed by atoms with E-state index in [-0.39, 0.29) is 18.8 Å². The number of aryl methyl sites for hydroxylation is 1. The smallest absolute Gasteiger partial charge is 0.412 e. The van der Waals surface area contributed by atoms with Crippen LogP contribution in [0.1, 0.15) is 37.9 Å². The zero-order valence-corrected chi connectivity index (χ0v) is 23.9. The van der Waals surface area contributed by atoms with E-state index >= 15 is 0 Å². The van der Waals surface area contributed by atoms with Gasteiger partial charge in [0.05, 0.1) is 16.9 Å². The van der Waals surface area contributed by atoms with Gasteiger partial charge in [0, 0.05) is 59.1 Å². The zero-order chi connectivity index (χ0) is 27.5. The molecule has 39 heavy (non-hydrogen) atoms. The van der Waals surface area contributed by atoms with Gasteiger partial charge in [-0.2, -0.15) is 0 Å². The predicted molar refractivity (Wildman–Crippen MR) is 154 cm³/mol. The van der Waals surface area contributed by atoms with Crippen LogP contribution < -0.4 is 5.32 Å². The van der Waals surface area contributed by atoms with Gasteiger partial charge in [0.1, 0.15) is 11.6 Å². The summed E-state index contributed by atoms with van der Waals surface area (Å²) >= 11 is 13.7. The number of hydrogen-bond donors (Lipinski definition) is 1. The fraction of sp³-hybridized carbons (Fsp3) is 0.321. The van der Waals surface area contributed by atoms with Crippen molar-refractivity contribution in [3.8, 4) is 10.6 Å². The first kappa shape index (κ1) is 27.5. The lowest BCUT2D eigenvalue weighted by Crippen LogP contribution is -2.32. The molecular weight excluding hydrogens is 559 g/mol. The van der Waals surface area contributed by atoms with Crippen LogP contribution in [0.3, 0.4) is 0 Å². The number of esters is 1. The summed E-state index contributed by atoms with van der Waals surface area (Å²) in [7, 11) is 0. The molecule has 4 aromatic rings. The number of halogens is 2. The first-order valence-corrected chi connectivity index (χ1v) is 14.3. The van der Waals surface area contributed by atoms with Crippen LogP contribution in [0.2, 0.25) is 10.0 Å². The molecule has 1 aliphatic rings. The van der Waals surface area contributed by atoms with Gasteiger partial charge in [-0.15, -0.1) is 11.3 Å². The normalized spacial score (nSPS) is 15.5. The summed E-state index contributed by atoms with van der Waals surface area (Å²) < 4.78 is 12.9. The van der Waals surface area contributed by atoms with Gasteiger partial charge >= 0.3 is 12.1 Å². The van der Waals surface area contributed by atoms with E-state index in [4.69, 9.17) is 37.7 Å². The van der Waals surface area contributed by atoms with Gasteiger partial charge in [0.2, 0.25) is 0 Å². The molecule has 1 N–H and O–H groups in total. The van der Waals surface area contributed by atoms with Crippen LogP contribution in [0.5, 0.6) is 0 Å². The third kappa shape index (κ3) is 6.55. The van der Waals surface area contributed by atoms with Gasteiger partial charge < -0.3 is 14.0 Å². The average Bonchev–Trinajstić information content (AvgIpc) is 3.61. The number of carbonyl (C=O) groups excluding carboxylic acids is 2. The molecule has 1 amide bonds. The van der Waals surface area contributed by atoms with Crippen molar-refractivity contribution in [1.29, 1.82) is 0 Å². The largest absolute Gasteiger partial charge is 0.447 e. The van der Waals surface area contributed by atoms with Crippen molar-refractivity contribution in [2.45, 2.75) is 52.6 Å². The number of thiazole rings is 1. The monoisotopic (exact) mass is 586 g/mol. The van der Waals surface area contributed by atoms with Crippen LogP contribution in [-0.4, -0.2) is 39.3 Å². The third-order valence-electron chi connectivity index (χ3n) is 6.52. The minimum Gasteiger partial charge on any atom is -0.447 e. The van der Waals surface area contributed by atoms with E-state index in [1.54, 1.807) is 29.5 Å². The molecule has 0 bridgehead atoms. The van der Waals surface area contributed by atoms with Crippen molar-refractivity contribution in [3.63, 3.8) is 0 Å². The minimum absolute atomic E-state index is 0.0427. The van der Waals surface area contributed by atoms with Crippen LogP contribution in [0.4, 0.5) is 10.5 Å². The maximum absolute atomic E-state index is 12.7. The number of aromatic nitrogens is 2. The van der Waals surface area contributed by atoms with Gasteiger partial charge in [-0.1, -0.05) is 23.2 Å². The van der Waals surface area contributed by atoms with Crippen LogP contribution in [-0.2, 0) is 34.0 Å². The van der Waals surface area contributed by atoms with E-state index in [0.717, 1.165) is 53.1 Å². The first-order valence-electron chi connectivity index (χ1n) is 12.7. The van der Waals surface area contributed by atoms with Crippen molar-refractivity contribution in [2.75, 3.05) is 11.9 Å². The van der Waals surface area contributed by atoms with Crippen molar-refractivity contribution < 1.29 is 19.1 Å². The number of amides is 1. The highest BCUT2D eigenvalue weighted by Gasteiger charge is 2.27. The lowest BCUT2D eigenvalue weighted by molar-refractivity contribution is -0.154. The van der Waals surface area contributed by atoms with Gasteiger partial charge in [0.15, 0.2) is 6.23 Å². The molecule has 204 valence electrons. The highest BCUT2D eigenvalue weighted by atomic mass is 35.5. The fourth-order valence-corrected chi connectivity index (χ4v) is 6.18. The Balaban J connectivity index is 1.32. The number of ether oxygens (including phenoxy) is 2. The van der Waals surface area contributed by atoms with E-state index < -0.39 is 6.09 Å². The zero-order valence-electron chi connectivity index (χ0n) is 21.6. The lowest BCUT2D eigenvalue weighted by Gasteiger charge is -2.22. The summed E-state index contributed by atoms with van der Waals surface area (Å²) in [6.45, 7) is 5.77. The number of nitrogens with zero attached hydrogens (tertiary/aromatic N) is 3. The average molecular weight is 588 g/mol. The minimum atomic E-state index is -0.573. The predicted octanol–water partition coefficient (Wildman–Crippen LogP) is 7.33. The first-order chi connectivity index (χ1) is 18.8. The molecule has 1 unspecified atom stereocenters. The summed E-state index contributed by atoms with van der Waals surface area (Å²) in [5.74, 6) is -0.264. The Labute approximate surface area is 240 Å². The van der Waals surface area contributed by atoms with E-state index in [0.29, 0.717) is 27.8 Å². The summed E-state index contributed by atoms with van der Waals surface area (Å²) in [6, 6.07) is 11.2. The molecule has 1 aliphatic heterocycles. The number of nitrogens with one attached hydrogen (secondary N) is 1. The highest BCUT2D eigenvalue weighted by Crippen LogP contribution is 2.33. The summed E-state index contributed by atoms with van der Waals surface area (Å²) in [4.78, 5) is 31.1.